The molecule has 3 heteroatoms. The molecule has 1 fully saturated rings. The van der Waals surface area contributed by atoms with Gasteiger partial charge in [0.05, 0.1) is 0 Å². The van der Waals surface area contributed by atoms with Crippen LogP contribution in [0.4, 0.5) is 5.69 Å². The quantitative estimate of drug-likeness (QED) is 0.736. The van der Waals surface area contributed by atoms with Gasteiger partial charge in [-0.2, -0.15) is 0 Å². The van der Waals surface area contributed by atoms with Gasteiger partial charge in [-0.25, -0.2) is 0 Å². The maximum absolute atomic E-state index is 3.48. The first-order valence-corrected chi connectivity index (χ1v) is 8.01. The van der Waals surface area contributed by atoms with E-state index in [9.17, 15) is 0 Å². The molecule has 0 radical (unpaired) electrons. The Morgan fingerprint density at radius 1 is 1.30 bits per heavy atom. The van der Waals surface area contributed by atoms with Gasteiger partial charge < -0.3 is 10.2 Å². The summed E-state index contributed by atoms with van der Waals surface area (Å²) in [5.41, 5.74) is 1.23. The number of nitrogens with one attached hydrogen (secondary N) is 1. The number of para-hydroxylation sites is 1. The van der Waals surface area contributed by atoms with E-state index in [1.165, 1.54) is 51.1 Å². The second-order valence-electron chi connectivity index (χ2n) is 5.83. The van der Waals surface area contributed by atoms with Gasteiger partial charge in [-0.15, -0.1) is 0 Å². The third-order valence-electron chi connectivity index (χ3n) is 4.25. The van der Waals surface area contributed by atoms with E-state index in [1.54, 1.807) is 0 Å². The van der Waals surface area contributed by atoms with Crippen molar-refractivity contribution in [3.63, 3.8) is 0 Å². The number of benzene rings is 1. The molecular weight excluding hydrogens is 246 g/mol. The molecule has 3 nitrogen and oxygen atoms in total. The fourth-order valence-electron chi connectivity index (χ4n) is 3.11. The lowest BCUT2D eigenvalue weighted by Gasteiger charge is -2.27. The molecule has 0 saturated carbocycles. The number of likely N-dealkylation sites (N-methyl/N-ethyl adjacent to an activating group) is 2. The van der Waals surface area contributed by atoms with Gasteiger partial charge in [-0.05, 0) is 58.1 Å². The Balaban J connectivity index is 1.59. The van der Waals surface area contributed by atoms with Gasteiger partial charge in [0.2, 0.25) is 0 Å². The van der Waals surface area contributed by atoms with Crippen LogP contribution in [0.25, 0.3) is 0 Å². The van der Waals surface area contributed by atoms with Crippen molar-refractivity contribution in [2.45, 2.75) is 32.2 Å². The molecule has 0 aliphatic carbocycles. The van der Waals surface area contributed by atoms with E-state index in [1.807, 2.05) is 0 Å². The van der Waals surface area contributed by atoms with Crippen molar-refractivity contribution in [3.05, 3.63) is 30.3 Å². The molecule has 1 aromatic rings. The van der Waals surface area contributed by atoms with Crippen LogP contribution in [0.5, 0.6) is 0 Å². The van der Waals surface area contributed by atoms with Gasteiger partial charge in [0.25, 0.3) is 0 Å². The van der Waals surface area contributed by atoms with Gasteiger partial charge in [-0.1, -0.05) is 25.1 Å². The van der Waals surface area contributed by atoms with Crippen LogP contribution in [-0.2, 0) is 0 Å². The van der Waals surface area contributed by atoms with Crippen LogP contribution in [0.3, 0.4) is 0 Å². The largest absolute Gasteiger partial charge is 0.385 e. The molecule has 1 unspecified atom stereocenters. The number of anilines is 1. The highest BCUT2D eigenvalue weighted by Crippen LogP contribution is 2.17. The van der Waals surface area contributed by atoms with Gasteiger partial charge in [0.15, 0.2) is 0 Å². The topological polar surface area (TPSA) is 18.5 Å². The zero-order valence-corrected chi connectivity index (χ0v) is 13.0. The van der Waals surface area contributed by atoms with E-state index in [4.69, 9.17) is 0 Å². The fourth-order valence-corrected chi connectivity index (χ4v) is 3.11. The highest BCUT2D eigenvalue weighted by Gasteiger charge is 2.23. The van der Waals surface area contributed by atoms with E-state index in [2.05, 4.69) is 59.4 Å². The zero-order chi connectivity index (χ0) is 14.2. The number of hydrogen-bond donors (Lipinski definition) is 1. The highest BCUT2D eigenvalue weighted by atomic mass is 15.2. The maximum atomic E-state index is 3.48. The van der Waals surface area contributed by atoms with E-state index in [0.29, 0.717) is 0 Å². The van der Waals surface area contributed by atoms with Crippen LogP contribution in [0.1, 0.15) is 26.2 Å². The molecule has 0 spiro atoms. The molecule has 112 valence electrons. The van der Waals surface area contributed by atoms with Gasteiger partial charge in [-0.3, -0.25) is 4.90 Å². The van der Waals surface area contributed by atoms with Crippen molar-refractivity contribution in [2.24, 2.45) is 0 Å². The minimum atomic E-state index is 0.784. The molecule has 1 heterocycles. The second-order valence-corrected chi connectivity index (χ2v) is 5.83. The fraction of sp³-hybridized carbons (Fsp3) is 0.647. The van der Waals surface area contributed by atoms with Gasteiger partial charge in [0, 0.05) is 24.8 Å². The molecule has 0 aromatic heterocycles. The van der Waals surface area contributed by atoms with Crippen LogP contribution in [0.2, 0.25) is 0 Å². The van der Waals surface area contributed by atoms with Crippen LogP contribution in [0.15, 0.2) is 30.3 Å². The SMILES string of the molecule is CCN1CCCC1CN(C)CCCNc1ccccc1. The first-order chi connectivity index (χ1) is 9.79. The summed E-state index contributed by atoms with van der Waals surface area (Å²) < 4.78 is 0. The molecule has 0 bridgehead atoms. The lowest BCUT2D eigenvalue weighted by Crippen LogP contribution is -2.39. The van der Waals surface area contributed by atoms with E-state index in [0.717, 1.165) is 12.6 Å². The second kappa shape index (κ2) is 8.28. The Hall–Kier alpha value is -1.06. The molecule has 2 rings (SSSR count). The first kappa shape index (κ1) is 15.3. The third-order valence-corrected chi connectivity index (χ3v) is 4.25. The number of hydrogen-bond acceptors (Lipinski definition) is 3. The Labute approximate surface area is 124 Å². The van der Waals surface area contributed by atoms with Crippen molar-refractivity contribution in [2.75, 3.05) is 45.1 Å². The highest BCUT2D eigenvalue weighted by molar-refractivity contribution is 5.42. The lowest BCUT2D eigenvalue weighted by molar-refractivity contribution is 0.198. The summed E-state index contributed by atoms with van der Waals surface area (Å²) in [5.74, 6) is 0. The lowest BCUT2D eigenvalue weighted by atomic mass is 10.2. The first-order valence-electron chi connectivity index (χ1n) is 8.01. The average Bonchev–Trinajstić information content (AvgIpc) is 2.92. The van der Waals surface area contributed by atoms with E-state index < -0.39 is 0 Å². The number of likely N-dealkylation sites (tertiary alicyclic amines) is 1. The Bertz CT molecular complexity index is 366. The molecule has 1 aromatic carbocycles. The van der Waals surface area contributed by atoms with Crippen LogP contribution in [0, 0.1) is 0 Å². The average molecular weight is 275 g/mol. The maximum Gasteiger partial charge on any atom is 0.0340 e. The molecule has 1 N–H and O–H groups in total. The summed E-state index contributed by atoms with van der Waals surface area (Å²) in [7, 11) is 2.26. The molecule has 1 aliphatic rings. The normalized spacial score (nSPS) is 19.6. The summed E-state index contributed by atoms with van der Waals surface area (Å²) >= 11 is 0. The Kier molecular flexibility index (Phi) is 6.34. The smallest absolute Gasteiger partial charge is 0.0340 e. The molecule has 20 heavy (non-hydrogen) atoms. The van der Waals surface area contributed by atoms with Crippen LogP contribution < -0.4 is 5.32 Å². The zero-order valence-electron chi connectivity index (χ0n) is 13.0. The molecule has 1 atom stereocenters. The van der Waals surface area contributed by atoms with E-state index in [-0.39, 0.29) is 0 Å². The third kappa shape index (κ3) is 4.80. The standard InChI is InChI=1S/C17H29N3/c1-3-20-14-7-11-17(20)15-19(2)13-8-12-18-16-9-5-4-6-10-16/h4-6,9-10,17-18H,3,7-8,11-15H2,1-2H3. The molecule has 1 aliphatic heterocycles. The Morgan fingerprint density at radius 2 is 2.10 bits per heavy atom. The minimum absolute atomic E-state index is 0.784. The summed E-state index contributed by atoms with van der Waals surface area (Å²) in [5, 5.41) is 3.48. The van der Waals surface area contributed by atoms with Crippen molar-refractivity contribution in [1.82, 2.24) is 9.80 Å². The van der Waals surface area contributed by atoms with Gasteiger partial charge >= 0.3 is 0 Å². The predicted molar refractivity (Wildman–Crippen MR) is 87.3 cm³/mol. The minimum Gasteiger partial charge on any atom is -0.385 e. The summed E-state index contributed by atoms with van der Waals surface area (Å²) in [6.07, 6.45) is 3.95. The van der Waals surface area contributed by atoms with Gasteiger partial charge in [0.1, 0.15) is 0 Å². The van der Waals surface area contributed by atoms with Crippen molar-refractivity contribution >= 4 is 5.69 Å². The molecular formula is C17H29N3. The summed E-state index contributed by atoms with van der Waals surface area (Å²) in [6.45, 7) is 8.23. The van der Waals surface area contributed by atoms with Crippen LogP contribution >= 0.6 is 0 Å². The van der Waals surface area contributed by atoms with Crippen LogP contribution in [-0.4, -0.2) is 55.6 Å². The van der Waals surface area contributed by atoms with E-state index >= 15 is 0 Å². The summed E-state index contributed by atoms with van der Waals surface area (Å²) in [6, 6.07) is 11.2. The van der Waals surface area contributed by atoms with Crippen molar-refractivity contribution in [1.29, 1.82) is 0 Å². The number of nitrogens with zero attached hydrogens (tertiary/aromatic N) is 2. The summed E-state index contributed by atoms with van der Waals surface area (Å²) in [4.78, 5) is 5.12. The van der Waals surface area contributed by atoms with Crippen molar-refractivity contribution < 1.29 is 0 Å². The number of rotatable bonds is 8. The monoisotopic (exact) mass is 275 g/mol. The molecule has 0 amide bonds. The molecule has 1 saturated heterocycles. The predicted octanol–water partition coefficient (Wildman–Crippen LogP) is 2.90. The Morgan fingerprint density at radius 3 is 2.85 bits per heavy atom. The van der Waals surface area contributed by atoms with Crippen molar-refractivity contribution in [3.8, 4) is 0 Å².